The fourth-order valence-electron chi connectivity index (χ4n) is 4.10. The van der Waals surface area contributed by atoms with E-state index in [2.05, 4.69) is 20.0 Å². The molecule has 0 radical (unpaired) electrons. The van der Waals surface area contributed by atoms with E-state index in [1.165, 1.54) is 34.8 Å². The number of nitrogens with two attached hydrogens (primary N) is 1. The molecular formula is C26H25ClFN7O. The molecule has 0 aliphatic heterocycles. The molecule has 184 valence electrons. The maximum atomic E-state index is 15.8. The second-order valence-corrected chi connectivity index (χ2v) is 9.24. The quantitative estimate of drug-likeness (QED) is 0.372. The molecule has 8 nitrogen and oxygen atoms in total. The van der Waals surface area contributed by atoms with Gasteiger partial charge in [0.1, 0.15) is 23.5 Å². The van der Waals surface area contributed by atoms with Crippen molar-refractivity contribution in [1.29, 1.82) is 0 Å². The molecule has 0 unspecified atom stereocenters. The largest absolute Gasteiger partial charge is 0.383 e. The van der Waals surface area contributed by atoms with Crippen LogP contribution in [0.5, 0.6) is 0 Å². The Morgan fingerprint density at radius 3 is 2.67 bits per heavy atom. The van der Waals surface area contributed by atoms with Crippen LogP contribution < -0.4 is 10.6 Å². The van der Waals surface area contributed by atoms with Gasteiger partial charge in [0.25, 0.3) is 5.91 Å². The van der Waals surface area contributed by atoms with Crippen LogP contribution in [0, 0.1) is 5.82 Å². The van der Waals surface area contributed by atoms with Crippen LogP contribution in [0.25, 0.3) is 28.0 Å². The fourth-order valence-corrected chi connectivity index (χ4v) is 4.22. The lowest BCUT2D eigenvalue weighted by Crippen LogP contribution is -2.26. The lowest BCUT2D eigenvalue weighted by molar-refractivity contribution is -0.113. The number of likely N-dealkylation sites (N-methyl/N-ethyl adjacent to an activating group) is 2. The zero-order valence-electron chi connectivity index (χ0n) is 19.9. The number of nitrogen functional groups attached to an aromatic ring is 1. The number of carbonyl (C=O) groups is 1. The SMILES string of the molecule is CN(C(=O)C=CCN(C)C1CC1)c1cccc(-n2nc(-c3ccc(Cl)cc3)c3c(N)ncnc32)c1F. The third-order valence-electron chi connectivity index (χ3n) is 6.31. The van der Waals surface area contributed by atoms with Crippen LogP contribution in [-0.2, 0) is 4.79 Å². The van der Waals surface area contributed by atoms with Gasteiger partial charge in [0.2, 0.25) is 0 Å². The van der Waals surface area contributed by atoms with E-state index in [0.717, 1.165) is 5.56 Å². The Kier molecular flexibility index (Phi) is 6.42. The number of hydrogen-bond acceptors (Lipinski definition) is 6. The molecule has 36 heavy (non-hydrogen) atoms. The molecule has 4 aromatic rings. The summed E-state index contributed by atoms with van der Waals surface area (Å²) < 4.78 is 17.2. The zero-order chi connectivity index (χ0) is 25.4. The highest BCUT2D eigenvalue weighted by atomic mass is 35.5. The standard InChI is InChI=1S/C26H25ClFN7O/c1-33(18-12-13-18)14-4-7-21(36)34(2)19-5-3-6-20(23(19)28)35-26-22(25(29)30-15-31-26)24(32-35)16-8-10-17(27)11-9-16/h3-11,15,18H,12-14H2,1-2H3,(H2,29,30,31). The summed E-state index contributed by atoms with van der Waals surface area (Å²) in [6.07, 6.45) is 6.96. The highest BCUT2D eigenvalue weighted by Crippen LogP contribution is 2.34. The highest BCUT2D eigenvalue weighted by molar-refractivity contribution is 6.30. The average molecular weight is 506 g/mol. The van der Waals surface area contributed by atoms with E-state index in [1.807, 2.05) is 7.05 Å². The first-order chi connectivity index (χ1) is 17.3. The molecule has 1 fully saturated rings. The number of anilines is 2. The molecule has 2 aromatic heterocycles. The maximum Gasteiger partial charge on any atom is 0.250 e. The van der Waals surface area contributed by atoms with Crippen molar-refractivity contribution in [2.45, 2.75) is 18.9 Å². The number of benzene rings is 2. The van der Waals surface area contributed by atoms with Crippen LogP contribution in [0.1, 0.15) is 12.8 Å². The van der Waals surface area contributed by atoms with Gasteiger partial charge in [0, 0.05) is 36.3 Å². The summed E-state index contributed by atoms with van der Waals surface area (Å²) in [5, 5.41) is 5.72. The van der Waals surface area contributed by atoms with Gasteiger partial charge in [-0.3, -0.25) is 9.69 Å². The number of fused-ring (bicyclic) bond motifs is 1. The first-order valence-electron chi connectivity index (χ1n) is 11.5. The highest BCUT2D eigenvalue weighted by Gasteiger charge is 2.25. The van der Waals surface area contributed by atoms with Gasteiger partial charge >= 0.3 is 0 Å². The molecule has 0 spiro atoms. The fraction of sp³-hybridized carbons (Fsp3) is 0.231. The van der Waals surface area contributed by atoms with Crippen molar-refractivity contribution in [2.24, 2.45) is 0 Å². The van der Waals surface area contributed by atoms with E-state index in [-0.39, 0.29) is 23.1 Å². The summed E-state index contributed by atoms with van der Waals surface area (Å²) in [7, 11) is 3.57. The molecule has 10 heteroatoms. The van der Waals surface area contributed by atoms with Crippen molar-refractivity contribution >= 4 is 40.0 Å². The van der Waals surface area contributed by atoms with Gasteiger partial charge in [0.15, 0.2) is 11.5 Å². The van der Waals surface area contributed by atoms with Crippen molar-refractivity contribution in [3.63, 3.8) is 0 Å². The Labute approximate surface area is 212 Å². The van der Waals surface area contributed by atoms with E-state index in [0.29, 0.717) is 34.3 Å². The van der Waals surface area contributed by atoms with Crippen LogP contribution in [-0.4, -0.2) is 57.2 Å². The number of halogens is 2. The number of nitrogens with zero attached hydrogens (tertiary/aromatic N) is 6. The number of hydrogen-bond donors (Lipinski definition) is 1. The van der Waals surface area contributed by atoms with Gasteiger partial charge in [-0.2, -0.15) is 5.10 Å². The molecule has 0 saturated heterocycles. The smallest absolute Gasteiger partial charge is 0.250 e. The number of carbonyl (C=O) groups excluding carboxylic acids is 1. The van der Waals surface area contributed by atoms with Crippen LogP contribution in [0.3, 0.4) is 0 Å². The van der Waals surface area contributed by atoms with E-state index < -0.39 is 5.82 Å². The Morgan fingerprint density at radius 2 is 1.94 bits per heavy atom. The first-order valence-corrected chi connectivity index (χ1v) is 11.9. The molecule has 1 aliphatic rings. The molecule has 1 saturated carbocycles. The minimum Gasteiger partial charge on any atom is -0.383 e. The monoisotopic (exact) mass is 505 g/mol. The van der Waals surface area contributed by atoms with Gasteiger partial charge < -0.3 is 10.6 Å². The number of amides is 1. The van der Waals surface area contributed by atoms with Gasteiger partial charge in [-0.05, 0) is 44.2 Å². The Hall–Kier alpha value is -3.82. The maximum absolute atomic E-state index is 15.8. The van der Waals surface area contributed by atoms with E-state index in [4.69, 9.17) is 17.3 Å². The normalized spacial score (nSPS) is 13.7. The molecule has 5 rings (SSSR count). The summed E-state index contributed by atoms with van der Waals surface area (Å²) in [5.74, 6) is -0.712. The van der Waals surface area contributed by atoms with Crippen LogP contribution in [0.2, 0.25) is 5.02 Å². The minimum atomic E-state index is -0.610. The van der Waals surface area contributed by atoms with Crippen molar-refractivity contribution in [3.8, 4) is 16.9 Å². The van der Waals surface area contributed by atoms with Gasteiger partial charge in [0.05, 0.1) is 11.1 Å². The predicted octanol–water partition coefficient (Wildman–Crippen LogP) is 4.47. The average Bonchev–Trinajstić information content (AvgIpc) is 3.65. The molecule has 2 aromatic carbocycles. The van der Waals surface area contributed by atoms with Gasteiger partial charge in [-0.25, -0.2) is 19.0 Å². The summed E-state index contributed by atoms with van der Waals surface area (Å²) in [5.41, 5.74) is 8.00. The topological polar surface area (TPSA) is 93.2 Å². The van der Waals surface area contributed by atoms with Crippen LogP contribution in [0.15, 0.2) is 60.9 Å². The summed E-state index contributed by atoms with van der Waals surface area (Å²) in [6.45, 7) is 0.667. The van der Waals surface area contributed by atoms with E-state index in [9.17, 15) is 4.79 Å². The molecule has 0 bridgehead atoms. The van der Waals surface area contributed by atoms with Crippen molar-refractivity contribution in [3.05, 3.63) is 71.8 Å². The molecule has 1 amide bonds. The molecular weight excluding hydrogens is 481 g/mol. The molecule has 0 atom stereocenters. The molecule has 2 N–H and O–H groups in total. The van der Waals surface area contributed by atoms with Crippen molar-refractivity contribution in [1.82, 2.24) is 24.6 Å². The predicted molar refractivity (Wildman–Crippen MR) is 140 cm³/mol. The van der Waals surface area contributed by atoms with Crippen molar-refractivity contribution < 1.29 is 9.18 Å². The Bertz CT molecular complexity index is 1460. The number of rotatable bonds is 7. The van der Waals surface area contributed by atoms with Crippen LogP contribution in [0.4, 0.5) is 15.9 Å². The minimum absolute atomic E-state index is 0.122. The third kappa shape index (κ3) is 4.55. The molecule has 2 heterocycles. The first kappa shape index (κ1) is 23.9. The summed E-state index contributed by atoms with van der Waals surface area (Å²) >= 11 is 6.04. The second kappa shape index (κ2) is 9.67. The number of aromatic nitrogens is 4. The van der Waals surface area contributed by atoms with Crippen LogP contribution >= 0.6 is 11.6 Å². The molecule has 1 aliphatic carbocycles. The van der Waals surface area contributed by atoms with Gasteiger partial charge in [-0.15, -0.1) is 0 Å². The van der Waals surface area contributed by atoms with E-state index in [1.54, 1.807) is 55.6 Å². The lowest BCUT2D eigenvalue weighted by atomic mass is 10.1. The summed E-state index contributed by atoms with van der Waals surface area (Å²) in [6, 6.07) is 12.5. The van der Waals surface area contributed by atoms with Gasteiger partial charge in [-0.1, -0.05) is 35.9 Å². The second-order valence-electron chi connectivity index (χ2n) is 8.81. The third-order valence-corrected chi connectivity index (χ3v) is 6.57. The summed E-state index contributed by atoms with van der Waals surface area (Å²) in [4.78, 5) is 24.7. The van der Waals surface area contributed by atoms with Crippen molar-refractivity contribution in [2.75, 3.05) is 31.3 Å². The Morgan fingerprint density at radius 1 is 1.19 bits per heavy atom. The Balaban J connectivity index is 1.51. The van der Waals surface area contributed by atoms with E-state index >= 15 is 4.39 Å². The lowest BCUT2D eigenvalue weighted by Gasteiger charge is -2.18. The zero-order valence-corrected chi connectivity index (χ0v) is 20.7.